The number of benzene rings is 1. The van der Waals surface area contributed by atoms with Crippen LogP contribution in [-0.4, -0.2) is 11.1 Å². The number of hydrogen-bond acceptors (Lipinski definition) is 2. The maximum Gasteiger partial charge on any atom is 0.371 e. The molecule has 0 aliphatic rings. The Morgan fingerprint density at radius 1 is 1.29 bits per heavy atom. The Morgan fingerprint density at radius 2 is 2.06 bits per heavy atom. The Morgan fingerprint density at radius 3 is 2.65 bits per heavy atom. The zero-order valence-corrected chi connectivity index (χ0v) is 9.81. The second kappa shape index (κ2) is 4.45. The van der Waals surface area contributed by atoms with Crippen molar-refractivity contribution in [1.82, 2.24) is 0 Å². The van der Waals surface area contributed by atoms with E-state index in [-0.39, 0.29) is 11.7 Å². The zero-order valence-electron chi connectivity index (χ0n) is 9.81. The van der Waals surface area contributed by atoms with Crippen molar-refractivity contribution in [2.24, 2.45) is 0 Å². The summed E-state index contributed by atoms with van der Waals surface area (Å²) in [6.45, 7) is 4.03. The summed E-state index contributed by atoms with van der Waals surface area (Å²) in [4.78, 5) is 10.7. The van der Waals surface area contributed by atoms with Gasteiger partial charge in [0.25, 0.3) is 0 Å². The van der Waals surface area contributed by atoms with Gasteiger partial charge in [0.1, 0.15) is 5.76 Å². The van der Waals surface area contributed by atoms with E-state index in [0.29, 0.717) is 5.76 Å². The smallest absolute Gasteiger partial charge is 0.371 e. The lowest BCUT2D eigenvalue weighted by molar-refractivity contribution is 0.0660. The topological polar surface area (TPSA) is 50.4 Å². The molecule has 0 amide bonds. The molecule has 0 fully saturated rings. The van der Waals surface area contributed by atoms with Gasteiger partial charge in [0.15, 0.2) is 0 Å². The van der Waals surface area contributed by atoms with Crippen molar-refractivity contribution in [2.75, 3.05) is 0 Å². The average molecular weight is 230 g/mol. The van der Waals surface area contributed by atoms with Crippen LogP contribution >= 0.6 is 0 Å². The molecule has 0 saturated heterocycles. The summed E-state index contributed by atoms with van der Waals surface area (Å²) in [6, 6.07) is 11.3. The van der Waals surface area contributed by atoms with Crippen LogP contribution in [0.1, 0.15) is 40.3 Å². The normalized spacial score (nSPS) is 12.4. The maximum absolute atomic E-state index is 10.7. The molecular weight excluding hydrogens is 216 g/mol. The molecule has 1 aromatic carbocycles. The first kappa shape index (κ1) is 11.5. The monoisotopic (exact) mass is 230 g/mol. The van der Waals surface area contributed by atoms with Crippen molar-refractivity contribution in [1.29, 1.82) is 0 Å². The van der Waals surface area contributed by atoms with Gasteiger partial charge >= 0.3 is 5.97 Å². The molecule has 0 aliphatic heterocycles. The molecule has 1 unspecified atom stereocenters. The van der Waals surface area contributed by atoms with Crippen molar-refractivity contribution < 1.29 is 14.3 Å². The SMILES string of the molecule is Cc1cccc(C(C)c2ccc(C(=O)O)o2)c1. The summed E-state index contributed by atoms with van der Waals surface area (Å²) in [6.07, 6.45) is 0. The highest BCUT2D eigenvalue weighted by Gasteiger charge is 2.15. The minimum absolute atomic E-state index is 0.0143. The van der Waals surface area contributed by atoms with E-state index in [1.165, 1.54) is 11.6 Å². The molecule has 1 N–H and O–H groups in total. The third-order valence-corrected chi connectivity index (χ3v) is 2.81. The standard InChI is InChI=1S/C14H14O3/c1-9-4-3-5-11(8-9)10(2)12-6-7-13(17-12)14(15)16/h3-8,10H,1-2H3,(H,15,16). The summed E-state index contributed by atoms with van der Waals surface area (Å²) in [5.74, 6) is -0.316. The van der Waals surface area contributed by atoms with E-state index < -0.39 is 5.97 Å². The van der Waals surface area contributed by atoms with Crippen LogP contribution < -0.4 is 0 Å². The van der Waals surface area contributed by atoms with E-state index in [0.717, 1.165) is 5.56 Å². The Labute approximate surface area is 99.7 Å². The van der Waals surface area contributed by atoms with Gasteiger partial charge in [0, 0.05) is 5.92 Å². The van der Waals surface area contributed by atoms with Crippen LogP contribution in [0.2, 0.25) is 0 Å². The third kappa shape index (κ3) is 2.38. The molecule has 2 rings (SSSR count). The van der Waals surface area contributed by atoms with E-state index >= 15 is 0 Å². The van der Waals surface area contributed by atoms with Crippen LogP contribution in [0.5, 0.6) is 0 Å². The molecule has 1 heterocycles. The Hall–Kier alpha value is -2.03. The fraction of sp³-hybridized carbons (Fsp3) is 0.214. The fourth-order valence-corrected chi connectivity index (χ4v) is 1.80. The van der Waals surface area contributed by atoms with Crippen molar-refractivity contribution >= 4 is 5.97 Å². The molecule has 3 heteroatoms. The Balaban J connectivity index is 2.30. The predicted octanol–water partition coefficient (Wildman–Crippen LogP) is 3.44. The largest absolute Gasteiger partial charge is 0.475 e. The Kier molecular flexibility index (Phi) is 3.00. The van der Waals surface area contributed by atoms with Gasteiger partial charge in [-0.05, 0) is 24.6 Å². The van der Waals surface area contributed by atoms with Crippen LogP contribution in [0.15, 0.2) is 40.8 Å². The predicted molar refractivity (Wildman–Crippen MR) is 64.4 cm³/mol. The quantitative estimate of drug-likeness (QED) is 0.878. The minimum Gasteiger partial charge on any atom is -0.475 e. The number of hydrogen-bond donors (Lipinski definition) is 1. The average Bonchev–Trinajstić information content (AvgIpc) is 2.77. The molecule has 0 spiro atoms. The molecule has 2 aromatic rings. The first-order chi connectivity index (χ1) is 8.08. The summed E-state index contributed by atoms with van der Waals surface area (Å²) in [5, 5.41) is 8.80. The second-order valence-corrected chi connectivity index (χ2v) is 4.14. The van der Waals surface area contributed by atoms with Gasteiger partial charge in [-0.25, -0.2) is 4.79 Å². The van der Waals surface area contributed by atoms with E-state index in [1.807, 2.05) is 32.0 Å². The number of rotatable bonds is 3. The second-order valence-electron chi connectivity index (χ2n) is 4.14. The van der Waals surface area contributed by atoms with E-state index in [9.17, 15) is 4.79 Å². The van der Waals surface area contributed by atoms with Gasteiger partial charge in [-0.2, -0.15) is 0 Å². The van der Waals surface area contributed by atoms with Crippen LogP contribution in [0, 0.1) is 6.92 Å². The van der Waals surface area contributed by atoms with Crippen LogP contribution in [0.25, 0.3) is 0 Å². The first-order valence-corrected chi connectivity index (χ1v) is 5.47. The van der Waals surface area contributed by atoms with Crippen molar-refractivity contribution in [3.8, 4) is 0 Å². The number of carbonyl (C=O) groups is 1. The number of aryl methyl sites for hydroxylation is 1. The van der Waals surface area contributed by atoms with Crippen LogP contribution in [0.4, 0.5) is 0 Å². The lowest BCUT2D eigenvalue weighted by atomic mass is 9.97. The molecule has 3 nitrogen and oxygen atoms in total. The van der Waals surface area contributed by atoms with Gasteiger partial charge in [-0.1, -0.05) is 36.8 Å². The molecule has 17 heavy (non-hydrogen) atoms. The molecule has 1 aromatic heterocycles. The Bertz CT molecular complexity index is 540. The first-order valence-electron chi connectivity index (χ1n) is 5.47. The van der Waals surface area contributed by atoms with Gasteiger partial charge < -0.3 is 9.52 Å². The number of carboxylic acids is 1. The number of aromatic carboxylic acids is 1. The zero-order chi connectivity index (χ0) is 12.4. The van der Waals surface area contributed by atoms with Gasteiger partial charge in [0.05, 0.1) is 0 Å². The third-order valence-electron chi connectivity index (χ3n) is 2.81. The van der Waals surface area contributed by atoms with Gasteiger partial charge in [-0.3, -0.25) is 0 Å². The molecular formula is C14H14O3. The van der Waals surface area contributed by atoms with Crippen molar-refractivity contribution in [3.63, 3.8) is 0 Å². The molecule has 0 bridgehead atoms. The highest BCUT2D eigenvalue weighted by atomic mass is 16.4. The van der Waals surface area contributed by atoms with Crippen molar-refractivity contribution in [2.45, 2.75) is 19.8 Å². The van der Waals surface area contributed by atoms with E-state index in [4.69, 9.17) is 9.52 Å². The van der Waals surface area contributed by atoms with Gasteiger partial charge in [-0.15, -0.1) is 0 Å². The van der Waals surface area contributed by atoms with E-state index in [1.54, 1.807) is 6.07 Å². The van der Waals surface area contributed by atoms with Gasteiger partial charge in [0.2, 0.25) is 5.76 Å². The highest BCUT2D eigenvalue weighted by Crippen LogP contribution is 2.26. The number of furan rings is 1. The van der Waals surface area contributed by atoms with E-state index in [2.05, 4.69) is 6.07 Å². The lowest BCUT2D eigenvalue weighted by Gasteiger charge is -2.09. The lowest BCUT2D eigenvalue weighted by Crippen LogP contribution is -1.96. The molecule has 1 atom stereocenters. The van der Waals surface area contributed by atoms with Crippen LogP contribution in [0.3, 0.4) is 0 Å². The molecule has 0 aliphatic carbocycles. The summed E-state index contributed by atoms with van der Waals surface area (Å²) >= 11 is 0. The summed E-state index contributed by atoms with van der Waals surface area (Å²) in [7, 11) is 0. The molecule has 0 saturated carbocycles. The molecule has 0 radical (unpaired) electrons. The minimum atomic E-state index is -1.03. The number of carboxylic acid groups (broad SMARTS) is 1. The highest BCUT2D eigenvalue weighted by molar-refractivity contribution is 5.84. The molecule has 88 valence electrons. The van der Waals surface area contributed by atoms with Crippen LogP contribution in [-0.2, 0) is 0 Å². The summed E-state index contributed by atoms with van der Waals surface area (Å²) in [5.41, 5.74) is 2.30. The maximum atomic E-state index is 10.7. The van der Waals surface area contributed by atoms with Crippen molar-refractivity contribution in [3.05, 3.63) is 59.0 Å². The fourth-order valence-electron chi connectivity index (χ4n) is 1.80. The summed E-state index contributed by atoms with van der Waals surface area (Å²) < 4.78 is 5.30.